The number of carbonyl (C=O) groups is 1. The Morgan fingerprint density at radius 3 is 2.58 bits per heavy atom. The van der Waals surface area contributed by atoms with Crippen molar-refractivity contribution in [3.63, 3.8) is 0 Å². The Hall–Kier alpha value is -2.99. The molecule has 0 unspecified atom stereocenters. The Kier molecular flexibility index (Phi) is 4.86. The van der Waals surface area contributed by atoms with Crippen LogP contribution in [0.5, 0.6) is 5.75 Å². The monoisotopic (exact) mass is 370 g/mol. The first-order valence-electron chi connectivity index (χ1n) is 7.92. The van der Waals surface area contributed by atoms with Crippen LogP contribution in [-0.2, 0) is 0 Å². The number of non-ortho nitro benzene ring substituents is 1. The van der Waals surface area contributed by atoms with Gasteiger partial charge >= 0.3 is 5.97 Å². The predicted octanol–water partition coefficient (Wildman–Crippen LogP) is 5.14. The lowest BCUT2D eigenvalue weighted by molar-refractivity contribution is -0.384. The molecule has 2 aromatic carbocycles. The van der Waals surface area contributed by atoms with Gasteiger partial charge in [-0.05, 0) is 24.1 Å². The molecule has 0 amide bonds. The molecule has 1 aromatic heterocycles. The summed E-state index contributed by atoms with van der Waals surface area (Å²) in [7, 11) is 0. The normalized spacial score (nSPS) is 10.9. The molecule has 0 spiro atoms. The van der Waals surface area contributed by atoms with Gasteiger partial charge in [0.1, 0.15) is 5.75 Å². The van der Waals surface area contributed by atoms with Crippen molar-refractivity contribution in [1.29, 1.82) is 0 Å². The minimum Gasteiger partial charge on any atom is -0.421 e. The molecule has 0 atom stereocenters. The number of carbonyl (C=O) groups excluding carboxylic acids is 1. The summed E-state index contributed by atoms with van der Waals surface area (Å²) < 4.78 is 5.39. The first-order chi connectivity index (χ1) is 12.4. The second kappa shape index (κ2) is 7.09. The number of para-hydroxylation sites is 1. The number of hydrogen-bond acceptors (Lipinski definition) is 5. The predicted molar refractivity (Wildman–Crippen MR) is 98.9 cm³/mol. The molecule has 0 aliphatic carbocycles. The molecule has 0 bridgehead atoms. The molecule has 0 saturated carbocycles. The summed E-state index contributed by atoms with van der Waals surface area (Å²) in [5, 5.41) is 11.5. The highest BCUT2D eigenvalue weighted by molar-refractivity contribution is 6.32. The van der Waals surface area contributed by atoms with Crippen LogP contribution in [-0.4, -0.2) is 15.9 Å². The van der Waals surface area contributed by atoms with Gasteiger partial charge in [-0.2, -0.15) is 0 Å². The van der Waals surface area contributed by atoms with Crippen LogP contribution in [0.1, 0.15) is 35.8 Å². The van der Waals surface area contributed by atoms with Crippen LogP contribution in [0.2, 0.25) is 5.02 Å². The minimum absolute atomic E-state index is 0.00463. The summed E-state index contributed by atoms with van der Waals surface area (Å²) in [6, 6.07) is 12.7. The van der Waals surface area contributed by atoms with Crippen LogP contribution in [0.25, 0.3) is 10.9 Å². The molecule has 0 N–H and O–H groups in total. The average Bonchev–Trinajstić information content (AvgIpc) is 2.62. The van der Waals surface area contributed by atoms with E-state index < -0.39 is 10.9 Å². The zero-order chi connectivity index (χ0) is 18.8. The number of nitrogens with zero attached hydrogens (tertiary/aromatic N) is 2. The van der Waals surface area contributed by atoms with Crippen molar-refractivity contribution in [1.82, 2.24) is 4.98 Å². The number of halogens is 1. The van der Waals surface area contributed by atoms with Crippen LogP contribution in [0.3, 0.4) is 0 Å². The smallest absolute Gasteiger partial charge is 0.344 e. The van der Waals surface area contributed by atoms with Gasteiger partial charge in [-0.3, -0.25) is 15.1 Å². The molecule has 7 heteroatoms. The molecule has 3 rings (SSSR count). The molecule has 0 radical (unpaired) electrons. The average molecular weight is 371 g/mol. The third-order valence-electron chi connectivity index (χ3n) is 3.88. The maximum atomic E-state index is 12.7. The van der Waals surface area contributed by atoms with Gasteiger partial charge in [-0.15, -0.1) is 0 Å². The highest BCUT2D eigenvalue weighted by atomic mass is 35.5. The third kappa shape index (κ3) is 3.50. The molecular formula is C19H15ClN2O4. The highest BCUT2D eigenvalue weighted by Crippen LogP contribution is 2.30. The van der Waals surface area contributed by atoms with E-state index in [9.17, 15) is 14.9 Å². The lowest BCUT2D eigenvalue weighted by atomic mass is 10.0. The number of fused-ring (bicyclic) bond motifs is 1. The van der Waals surface area contributed by atoms with Gasteiger partial charge in [-0.25, -0.2) is 4.79 Å². The van der Waals surface area contributed by atoms with Crippen LogP contribution in [0.4, 0.5) is 5.69 Å². The number of nitro groups is 1. The fraction of sp³-hybridized carbons (Fsp3) is 0.158. The number of hydrogen-bond donors (Lipinski definition) is 0. The van der Waals surface area contributed by atoms with Crippen molar-refractivity contribution in [3.05, 3.63) is 74.9 Å². The number of ether oxygens (including phenoxy) is 1. The van der Waals surface area contributed by atoms with Crippen molar-refractivity contribution in [2.75, 3.05) is 0 Å². The SMILES string of the molecule is CC(C)c1cc(C(=O)Oc2ccc([N+](=O)[O-])cc2Cl)c2ccccc2n1. The summed E-state index contributed by atoms with van der Waals surface area (Å²) in [4.78, 5) is 27.5. The number of pyridine rings is 1. The Bertz CT molecular complexity index is 1020. The van der Waals surface area contributed by atoms with E-state index in [0.29, 0.717) is 16.5 Å². The molecule has 3 aromatic rings. The van der Waals surface area contributed by atoms with Crippen molar-refractivity contribution in [2.24, 2.45) is 0 Å². The van der Waals surface area contributed by atoms with Gasteiger partial charge in [0.2, 0.25) is 0 Å². The summed E-state index contributed by atoms with van der Waals surface area (Å²) in [6.07, 6.45) is 0. The minimum atomic E-state index is -0.596. The Morgan fingerprint density at radius 1 is 1.19 bits per heavy atom. The maximum absolute atomic E-state index is 12.7. The quantitative estimate of drug-likeness (QED) is 0.275. The fourth-order valence-corrected chi connectivity index (χ4v) is 2.71. The third-order valence-corrected chi connectivity index (χ3v) is 4.17. The van der Waals surface area contributed by atoms with E-state index in [4.69, 9.17) is 16.3 Å². The van der Waals surface area contributed by atoms with Crippen LogP contribution in [0.15, 0.2) is 48.5 Å². The zero-order valence-electron chi connectivity index (χ0n) is 14.1. The molecule has 0 fully saturated rings. The number of esters is 1. The molecular weight excluding hydrogens is 356 g/mol. The molecule has 0 aliphatic rings. The van der Waals surface area contributed by atoms with Crippen molar-refractivity contribution in [2.45, 2.75) is 19.8 Å². The lowest BCUT2D eigenvalue weighted by Crippen LogP contribution is -2.11. The van der Waals surface area contributed by atoms with Crippen LogP contribution < -0.4 is 4.74 Å². The van der Waals surface area contributed by atoms with Crippen LogP contribution >= 0.6 is 11.6 Å². The van der Waals surface area contributed by atoms with Crippen molar-refractivity contribution >= 4 is 34.2 Å². The maximum Gasteiger partial charge on any atom is 0.344 e. The lowest BCUT2D eigenvalue weighted by Gasteiger charge is -2.12. The highest BCUT2D eigenvalue weighted by Gasteiger charge is 2.18. The molecule has 6 nitrogen and oxygen atoms in total. The summed E-state index contributed by atoms with van der Waals surface area (Å²) in [5.41, 5.74) is 1.66. The number of rotatable bonds is 4. The Labute approximate surface area is 154 Å². The van der Waals surface area contributed by atoms with Crippen molar-refractivity contribution in [3.8, 4) is 5.75 Å². The van der Waals surface area contributed by atoms with E-state index in [-0.39, 0.29) is 22.4 Å². The number of aromatic nitrogens is 1. The van der Waals surface area contributed by atoms with E-state index >= 15 is 0 Å². The Morgan fingerprint density at radius 2 is 1.92 bits per heavy atom. The molecule has 1 heterocycles. The summed E-state index contributed by atoms with van der Waals surface area (Å²) >= 11 is 6.01. The van der Waals surface area contributed by atoms with Gasteiger partial charge in [0.15, 0.2) is 0 Å². The molecule has 0 aliphatic heterocycles. The topological polar surface area (TPSA) is 82.3 Å². The molecule has 132 valence electrons. The van der Waals surface area contributed by atoms with E-state index in [0.717, 1.165) is 11.8 Å². The first kappa shape index (κ1) is 17.8. The summed E-state index contributed by atoms with van der Waals surface area (Å²) in [6.45, 7) is 3.97. The second-order valence-corrected chi connectivity index (χ2v) is 6.44. The first-order valence-corrected chi connectivity index (χ1v) is 8.30. The van der Waals surface area contributed by atoms with Gasteiger partial charge < -0.3 is 4.74 Å². The Balaban J connectivity index is 2.01. The standard InChI is InChI=1S/C19H15ClN2O4/c1-11(2)17-10-14(13-5-3-4-6-16(13)21-17)19(23)26-18-8-7-12(22(24)25)9-15(18)20/h3-11H,1-2H3. The number of benzene rings is 2. The number of nitro benzene ring substituents is 1. The van der Waals surface area contributed by atoms with Gasteiger partial charge in [-0.1, -0.05) is 43.6 Å². The van der Waals surface area contributed by atoms with E-state index in [1.165, 1.54) is 12.1 Å². The zero-order valence-corrected chi connectivity index (χ0v) is 14.9. The molecule has 0 saturated heterocycles. The molecule has 26 heavy (non-hydrogen) atoms. The summed E-state index contributed by atoms with van der Waals surface area (Å²) in [5.74, 6) is -0.398. The largest absolute Gasteiger partial charge is 0.421 e. The van der Waals surface area contributed by atoms with Crippen LogP contribution in [0, 0.1) is 10.1 Å². The fourth-order valence-electron chi connectivity index (χ4n) is 2.50. The second-order valence-electron chi connectivity index (χ2n) is 6.03. The van der Waals surface area contributed by atoms with Gasteiger partial charge in [0.05, 0.1) is 21.0 Å². The van der Waals surface area contributed by atoms with Gasteiger partial charge in [0, 0.05) is 23.2 Å². The van der Waals surface area contributed by atoms with Gasteiger partial charge in [0.25, 0.3) is 5.69 Å². The van der Waals surface area contributed by atoms with E-state index in [2.05, 4.69) is 4.98 Å². The van der Waals surface area contributed by atoms with E-state index in [1.807, 2.05) is 32.0 Å². The van der Waals surface area contributed by atoms with Crippen molar-refractivity contribution < 1.29 is 14.5 Å². The van der Waals surface area contributed by atoms with E-state index in [1.54, 1.807) is 12.1 Å².